The Hall–Kier alpha value is -0.910. The van der Waals surface area contributed by atoms with Gasteiger partial charge in [-0.3, -0.25) is 4.79 Å². The molecule has 0 bridgehead atoms. The molecule has 0 aromatic carbocycles. The highest BCUT2D eigenvalue weighted by Gasteiger charge is 2.26. The number of aromatic nitrogens is 3. The molecule has 0 spiro atoms. The number of amides is 1. The highest BCUT2D eigenvalue weighted by Crippen LogP contribution is 2.17. The first kappa shape index (κ1) is 10.6. The van der Waals surface area contributed by atoms with Crippen molar-refractivity contribution < 1.29 is 4.79 Å². The third-order valence-corrected chi connectivity index (χ3v) is 3.64. The number of nitrogens with one attached hydrogen (secondary N) is 1. The standard InChI is InChI=1S/C9H13BrN4O/c1-2-6(10)9(15)14-4-3-7-8(5-14)12-13-11-7/h6H,2-5H2,1H3,(H,11,12,13). The SMILES string of the molecule is CCC(Br)C(=O)N1CCc2n[nH]nc2C1. The Morgan fingerprint density at radius 3 is 3.07 bits per heavy atom. The fraction of sp³-hybridized carbons (Fsp3) is 0.667. The number of halogens is 1. The lowest BCUT2D eigenvalue weighted by Crippen LogP contribution is -2.40. The van der Waals surface area contributed by atoms with Crippen molar-refractivity contribution in [3.63, 3.8) is 0 Å². The zero-order valence-electron chi connectivity index (χ0n) is 8.53. The van der Waals surface area contributed by atoms with Gasteiger partial charge in [0.1, 0.15) is 5.69 Å². The number of aromatic amines is 1. The van der Waals surface area contributed by atoms with Crippen LogP contribution in [0.1, 0.15) is 24.7 Å². The Morgan fingerprint density at radius 1 is 1.60 bits per heavy atom. The normalized spacial score (nSPS) is 17.3. The van der Waals surface area contributed by atoms with Crippen LogP contribution in [0.2, 0.25) is 0 Å². The molecule has 0 saturated carbocycles. The topological polar surface area (TPSA) is 61.9 Å². The number of carbonyl (C=O) groups is 1. The Labute approximate surface area is 96.4 Å². The van der Waals surface area contributed by atoms with Crippen LogP contribution in [0.15, 0.2) is 0 Å². The van der Waals surface area contributed by atoms with E-state index in [-0.39, 0.29) is 10.7 Å². The van der Waals surface area contributed by atoms with Gasteiger partial charge in [-0.15, -0.1) is 0 Å². The minimum atomic E-state index is -0.0778. The lowest BCUT2D eigenvalue weighted by Gasteiger charge is -2.27. The van der Waals surface area contributed by atoms with Crippen LogP contribution in [0, 0.1) is 0 Å². The van der Waals surface area contributed by atoms with E-state index in [1.165, 1.54) is 0 Å². The van der Waals surface area contributed by atoms with Crippen LogP contribution in [0.4, 0.5) is 0 Å². The molecular weight excluding hydrogens is 260 g/mol. The summed E-state index contributed by atoms with van der Waals surface area (Å²) < 4.78 is 0. The van der Waals surface area contributed by atoms with Crippen molar-refractivity contribution in [2.45, 2.75) is 31.1 Å². The van der Waals surface area contributed by atoms with E-state index in [9.17, 15) is 4.79 Å². The molecule has 0 aliphatic carbocycles. The Bertz CT molecular complexity index is 365. The average Bonchev–Trinajstić information content (AvgIpc) is 2.73. The summed E-state index contributed by atoms with van der Waals surface area (Å²) in [4.78, 5) is 13.6. The summed E-state index contributed by atoms with van der Waals surface area (Å²) in [5, 5.41) is 10.7. The van der Waals surface area contributed by atoms with Gasteiger partial charge in [0.15, 0.2) is 0 Å². The van der Waals surface area contributed by atoms with E-state index in [4.69, 9.17) is 0 Å². The van der Waals surface area contributed by atoms with Gasteiger partial charge in [-0.2, -0.15) is 15.4 Å². The van der Waals surface area contributed by atoms with Crippen LogP contribution in [0.5, 0.6) is 0 Å². The van der Waals surface area contributed by atoms with Gasteiger partial charge in [-0.1, -0.05) is 22.9 Å². The number of hydrogen-bond acceptors (Lipinski definition) is 3. The molecule has 1 unspecified atom stereocenters. The summed E-state index contributed by atoms with van der Waals surface area (Å²) in [6.07, 6.45) is 1.60. The van der Waals surface area contributed by atoms with Crippen molar-refractivity contribution in [3.8, 4) is 0 Å². The first-order valence-corrected chi connectivity index (χ1v) is 5.95. The van der Waals surface area contributed by atoms with Gasteiger partial charge >= 0.3 is 0 Å². The third kappa shape index (κ3) is 2.04. The second kappa shape index (κ2) is 4.30. The van der Waals surface area contributed by atoms with E-state index in [2.05, 4.69) is 31.3 Å². The highest BCUT2D eigenvalue weighted by atomic mass is 79.9. The molecule has 2 heterocycles. The average molecular weight is 273 g/mol. The summed E-state index contributed by atoms with van der Waals surface area (Å²) in [5.41, 5.74) is 1.88. The van der Waals surface area contributed by atoms with Gasteiger partial charge in [-0.05, 0) is 6.42 Å². The third-order valence-electron chi connectivity index (χ3n) is 2.60. The molecule has 15 heavy (non-hydrogen) atoms. The molecule has 1 aromatic rings. The molecule has 0 radical (unpaired) electrons. The van der Waals surface area contributed by atoms with E-state index in [1.54, 1.807) is 0 Å². The largest absolute Gasteiger partial charge is 0.335 e. The second-order valence-corrected chi connectivity index (χ2v) is 4.71. The smallest absolute Gasteiger partial charge is 0.236 e. The van der Waals surface area contributed by atoms with Crippen LogP contribution < -0.4 is 0 Å². The van der Waals surface area contributed by atoms with Gasteiger partial charge in [0.25, 0.3) is 0 Å². The highest BCUT2D eigenvalue weighted by molar-refractivity contribution is 9.10. The monoisotopic (exact) mass is 272 g/mol. The zero-order valence-corrected chi connectivity index (χ0v) is 10.1. The van der Waals surface area contributed by atoms with Gasteiger partial charge in [0.2, 0.25) is 5.91 Å². The molecule has 1 N–H and O–H groups in total. The predicted molar refractivity (Wildman–Crippen MR) is 58.5 cm³/mol. The summed E-state index contributed by atoms with van der Waals surface area (Å²) in [7, 11) is 0. The molecule has 6 heteroatoms. The van der Waals surface area contributed by atoms with Crippen molar-refractivity contribution >= 4 is 21.8 Å². The van der Waals surface area contributed by atoms with Crippen molar-refractivity contribution in [3.05, 3.63) is 11.4 Å². The maximum Gasteiger partial charge on any atom is 0.236 e. The van der Waals surface area contributed by atoms with Crippen molar-refractivity contribution in [1.82, 2.24) is 20.3 Å². The molecule has 2 rings (SSSR count). The van der Waals surface area contributed by atoms with Crippen LogP contribution in [-0.2, 0) is 17.8 Å². The minimum absolute atomic E-state index is 0.0778. The summed E-state index contributed by atoms with van der Waals surface area (Å²) in [5.74, 6) is 0.145. The van der Waals surface area contributed by atoms with Crippen LogP contribution >= 0.6 is 15.9 Å². The lowest BCUT2D eigenvalue weighted by atomic mass is 10.1. The van der Waals surface area contributed by atoms with Crippen LogP contribution in [-0.4, -0.2) is 37.6 Å². The quantitative estimate of drug-likeness (QED) is 0.813. The molecule has 1 amide bonds. The summed E-state index contributed by atoms with van der Waals surface area (Å²) >= 11 is 3.37. The molecule has 1 aromatic heterocycles. The molecule has 82 valence electrons. The number of nitrogens with zero attached hydrogens (tertiary/aromatic N) is 3. The number of alkyl halides is 1. The van der Waals surface area contributed by atoms with Gasteiger partial charge < -0.3 is 4.90 Å². The van der Waals surface area contributed by atoms with Crippen LogP contribution in [0.25, 0.3) is 0 Å². The van der Waals surface area contributed by atoms with Crippen molar-refractivity contribution in [2.24, 2.45) is 0 Å². The predicted octanol–water partition coefficient (Wildman–Crippen LogP) is 0.863. The van der Waals surface area contributed by atoms with Crippen molar-refractivity contribution in [1.29, 1.82) is 0 Å². The van der Waals surface area contributed by atoms with Gasteiger partial charge in [-0.25, -0.2) is 0 Å². The van der Waals surface area contributed by atoms with E-state index < -0.39 is 0 Å². The Kier molecular flexibility index (Phi) is 3.04. The molecular formula is C9H13BrN4O. The molecule has 1 atom stereocenters. The molecule has 1 aliphatic rings. The Morgan fingerprint density at radius 2 is 2.33 bits per heavy atom. The van der Waals surface area contributed by atoms with E-state index in [0.29, 0.717) is 6.54 Å². The van der Waals surface area contributed by atoms with Crippen molar-refractivity contribution in [2.75, 3.05) is 6.54 Å². The molecule has 0 fully saturated rings. The number of rotatable bonds is 2. The summed E-state index contributed by atoms with van der Waals surface area (Å²) in [6, 6.07) is 0. The van der Waals surface area contributed by atoms with E-state index >= 15 is 0 Å². The van der Waals surface area contributed by atoms with E-state index in [1.807, 2.05) is 11.8 Å². The van der Waals surface area contributed by atoms with Gasteiger partial charge in [0, 0.05) is 13.0 Å². The van der Waals surface area contributed by atoms with E-state index in [0.717, 1.165) is 30.8 Å². The van der Waals surface area contributed by atoms with Gasteiger partial charge in [0.05, 0.1) is 17.1 Å². The first-order chi connectivity index (χ1) is 7.22. The molecule has 1 aliphatic heterocycles. The fourth-order valence-corrected chi connectivity index (χ4v) is 1.95. The maximum absolute atomic E-state index is 11.9. The zero-order chi connectivity index (χ0) is 10.8. The molecule has 5 nitrogen and oxygen atoms in total. The van der Waals surface area contributed by atoms with Crippen LogP contribution in [0.3, 0.4) is 0 Å². The number of carbonyl (C=O) groups excluding carboxylic acids is 1. The number of hydrogen-bond donors (Lipinski definition) is 1. The second-order valence-electron chi connectivity index (χ2n) is 3.60. The first-order valence-electron chi connectivity index (χ1n) is 5.03. The Balaban J connectivity index is 2.06. The minimum Gasteiger partial charge on any atom is -0.335 e. The maximum atomic E-state index is 11.9. The fourth-order valence-electron chi connectivity index (χ4n) is 1.66. The number of H-pyrrole nitrogens is 1. The number of fused-ring (bicyclic) bond motifs is 1. The molecule has 0 saturated heterocycles. The lowest BCUT2D eigenvalue weighted by molar-refractivity contribution is -0.131. The summed E-state index contributed by atoms with van der Waals surface area (Å²) in [6.45, 7) is 3.30.